The van der Waals surface area contributed by atoms with Gasteiger partial charge in [0, 0.05) is 13.1 Å². The summed E-state index contributed by atoms with van der Waals surface area (Å²) in [6, 6.07) is 18.6. The summed E-state index contributed by atoms with van der Waals surface area (Å²) in [7, 11) is -2.54. The van der Waals surface area contributed by atoms with Crippen molar-refractivity contribution in [2.75, 3.05) is 24.5 Å². The number of hydrogen-bond acceptors (Lipinski definition) is 5. The maximum absolute atomic E-state index is 14.2. The second kappa shape index (κ2) is 14.2. The molecule has 1 atom stereocenters. The number of methoxy groups -OCH3 is 1. The lowest BCUT2D eigenvalue weighted by atomic mass is 10.1. The van der Waals surface area contributed by atoms with Crippen LogP contribution in [0.1, 0.15) is 48.9 Å². The van der Waals surface area contributed by atoms with Crippen LogP contribution in [0.15, 0.2) is 71.6 Å². The van der Waals surface area contributed by atoms with Gasteiger partial charge < -0.3 is 15.0 Å². The van der Waals surface area contributed by atoms with Crippen molar-refractivity contribution in [1.82, 2.24) is 10.2 Å². The van der Waals surface area contributed by atoms with Crippen molar-refractivity contribution in [3.8, 4) is 5.75 Å². The molecule has 0 spiro atoms. The van der Waals surface area contributed by atoms with Gasteiger partial charge in [0.25, 0.3) is 10.0 Å². The minimum Gasteiger partial charge on any atom is -0.497 e. The van der Waals surface area contributed by atoms with E-state index in [1.807, 2.05) is 58.9 Å². The second-order valence-electron chi connectivity index (χ2n) is 10.2. The highest BCUT2D eigenvalue weighted by atomic mass is 32.2. The third kappa shape index (κ3) is 7.88. The summed E-state index contributed by atoms with van der Waals surface area (Å²) in [5, 5.41) is 2.90. The van der Waals surface area contributed by atoms with E-state index in [0.29, 0.717) is 30.0 Å². The van der Waals surface area contributed by atoms with E-state index in [2.05, 4.69) is 5.32 Å². The Morgan fingerprint density at radius 1 is 0.902 bits per heavy atom. The van der Waals surface area contributed by atoms with Crippen LogP contribution >= 0.6 is 0 Å². The molecule has 1 N–H and O–H groups in total. The minimum atomic E-state index is -4.12. The number of sulfonamides is 1. The number of amides is 2. The smallest absolute Gasteiger partial charge is 0.264 e. The lowest BCUT2D eigenvalue weighted by molar-refractivity contribution is -0.140. The SMILES string of the molecule is CCCNC(=O)C(CC)N(Cc1ccc(OC)cc1)C(=O)CN(c1cc(C)ccc1C)S(=O)(=O)c1ccc(C)cc1. The Labute approximate surface area is 244 Å². The third-order valence-electron chi connectivity index (χ3n) is 6.97. The largest absolute Gasteiger partial charge is 0.497 e. The van der Waals surface area contributed by atoms with Crippen molar-refractivity contribution in [3.63, 3.8) is 0 Å². The van der Waals surface area contributed by atoms with Crippen molar-refractivity contribution in [2.45, 2.75) is 64.9 Å². The minimum absolute atomic E-state index is 0.0891. The Morgan fingerprint density at radius 3 is 2.12 bits per heavy atom. The highest BCUT2D eigenvalue weighted by Gasteiger charge is 2.34. The van der Waals surface area contributed by atoms with Crippen molar-refractivity contribution >= 4 is 27.5 Å². The van der Waals surface area contributed by atoms with Crippen LogP contribution in [0.4, 0.5) is 5.69 Å². The normalized spacial score (nSPS) is 12.0. The molecule has 2 amide bonds. The Bertz CT molecular complexity index is 1440. The number of ether oxygens (including phenoxy) is 1. The zero-order valence-electron chi connectivity index (χ0n) is 24.8. The van der Waals surface area contributed by atoms with Crippen molar-refractivity contribution in [3.05, 3.63) is 89.0 Å². The lowest BCUT2D eigenvalue weighted by Crippen LogP contribution is -2.52. The number of aryl methyl sites for hydroxylation is 3. The number of nitrogens with one attached hydrogen (secondary N) is 1. The molecule has 3 aromatic carbocycles. The van der Waals surface area contributed by atoms with Gasteiger partial charge in [-0.25, -0.2) is 8.42 Å². The van der Waals surface area contributed by atoms with E-state index < -0.39 is 28.5 Å². The topological polar surface area (TPSA) is 96.0 Å². The number of anilines is 1. The maximum atomic E-state index is 14.2. The molecule has 0 radical (unpaired) electrons. The van der Waals surface area contributed by atoms with E-state index >= 15 is 0 Å². The van der Waals surface area contributed by atoms with Crippen LogP contribution < -0.4 is 14.4 Å². The van der Waals surface area contributed by atoms with Gasteiger partial charge in [-0.15, -0.1) is 0 Å². The molecule has 0 aromatic heterocycles. The molecule has 0 aliphatic carbocycles. The molecule has 220 valence electrons. The number of hydrogen-bond donors (Lipinski definition) is 1. The zero-order chi connectivity index (χ0) is 30.2. The van der Waals surface area contributed by atoms with Gasteiger partial charge in [-0.05, 0) is 80.6 Å². The molecular formula is C32H41N3O5S. The Morgan fingerprint density at radius 2 is 1.54 bits per heavy atom. The van der Waals surface area contributed by atoms with Gasteiger partial charge in [0.05, 0.1) is 17.7 Å². The molecule has 3 rings (SSSR count). The number of carbonyl (C=O) groups is 2. The van der Waals surface area contributed by atoms with E-state index in [-0.39, 0.29) is 17.3 Å². The first-order chi connectivity index (χ1) is 19.5. The molecule has 41 heavy (non-hydrogen) atoms. The predicted octanol–water partition coefficient (Wildman–Crippen LogP) is 5.15. The molecule has 0 aliphatic heterocycles. The van der Waals surface area contributed by atoms with Crippen LogP contribution in [0.25, 0.3) is 0 Å². The summed E-state index contributed by atoms with van der Waals surface area (Å²) in [5.74, 6) is -0.0727. The van der Waals surface area contributed by atoms with Crippen molar-refractivity contribution < 1.29 is 22.7 Å². The zero-order valence-corrected chi connectivity index (χ0v) is 25.6. The average molecular weight is 580 g/mol. The average Bonchev–Trinajstić information content (AvgIpc) is 2.96. The molecule has 0 bridgehead atoms. The summed E-state index contributed by atoms with van der Waals surface area (Å²) in [6.45, 7) is 9.53. The number of nitrogens with zero attached hydrogens (tertiary/aromatic N) is 2. The van der Waals surface area contributed by atoms with E-state index in [1.54, 1.807) is 49.6 Å². The quantitative estimate of drug-likeness (QED) is 0.302. The third-order valence-corrected chi connectivity index (χ3v) is 8.74. The van der Waals surface area contributed by atoms with Crippen LogP contribution in [-0.4, -0.2) is 51.4 Å². The molecule has 8 nitrogen and oxygen atoms in total. The van der Waals surface area contributed by atoms with E-state index in [9.17, 15) is 18.0 Å². The number of benzene rings is 3. The lowest BCUT2D eigenvalue weighted by Gasteiger charge is -2.33. The van der Waals surface area contributed by atoms with E-state index in [4.69, 9.17) is 4.74 Å². The van der Waals surface area contributed by atoms with Crippen LogP contribution in [0.3, 0.4) is 0 Å². The monoisotopic (exact) mass is 579 g/mol. The van der Waals surface area contributed by atoms with Gasteiger partial charge in [-0.2, -0.15) is 0 Å². The van der Waals surface area contributed by atoms with Crippen molar-refractivity contribution in [1.29, 1.82) is 0 Å². The van der Waals surface area contributed by atoms with Gasteiger partial charge in [0.2, 0.25) is 11.8 Å². The van der Waals surface area contributed by atoms with Gasteiger partial charge in [-0.3, -0.25) is 13.9 Å². The van der Waals surface area contributed by atoms with E-state index in [0.717, 1.165) is 23.1 Å². The molecular weight excluding hydrogens is 538 g/mol. The fraction of sp³-hybridized carbons (Fsp3) is 0.375. The van der Waals surface area contributed by atoms with Crippen LogP contribution in [0.5, 0.6) is 5.75 Å². The maximum Gasteiger partial charge on any atom is 0.264 e. The Kier molecular flexibility index (Phi) is 10.9. The van der Waals surface area contributed by atoms with Gasteiger partial charge in [0.15, 0.2) is 0 Å². The highest BCUT2D eigenvalue weighted by molar-refractivity contribution is 7.92. The van der Waals surface area contributed by atoms with Crippen LogP contribution in [-0.2, 0) is 26.2 Å². The molecule has 0 saturated carbocycles. The summed E-state index contributed by atoms with van der Waals surface area (Å²) in [4.78, 5) is 29.0. The molecule has 1 unspecified atom stereocenters. The summed E-state index contributed by atoms with van der Waals surface area (Å²) in [6.07, 6.45) is 1.12. The first-order valence-electron chi connectivity index (χ1n) is 13.9. The summed E-state index contributed by atoms with van der Waals surface area (Å²) >= 11 is 0. The predicted molar refractivity (Wildman–Crippen MR) is 163 cm³/mol. The Balaban J connectivity index is 2.08. The fourth-order valence-corrected chi connectivity index (χ4v) is 6.02. The fourth-order valence-electron chi connectivity index (χ4n) is 4.55. The van der Waals surface area contributed by atoms with Crippen LogP contribution in [0.2, 0.25) is 0 Å². The molecule has 0 heterocycles. The van der Waals surface area contributed by atoms with Gasteiger partial charge in [0.1, 0.15) is 18.3 Å². The van der Waals surface area contributed by atoms with Crippen molar-refractivity contribution in [2.24, 2.45) is 0 Å². The van der Waals surface area contributed by atoms with E-state index in [1.165, 1.54) is 9.21 Å². The molecule has 0 fully saturated rings. The Hall–Kier alpha value is -3.85. The van der Waals surface area contributed by atoms with Crippen LogP contribution in [0, 0.1) is 20.8 Å². The highest BCUT2D eigenvalue weighted by Crippen LogP contribution is 2.29. The second-order valence-corrected chi connectivity index (χ2v) is 12.1. The summed E-state index contributed by atoms with van der Waals surface area (Å²) in [5.41, 5.74) is 3.72. The van der Waals surface area contributed by atoms with Gasteiger partial charge >= 0.3 is 0 Å². The molecule has 3 aromatic rings. The molecule has 0 saturated heterocycles. The summed E-state index contributed by atoms with van der Waals surface area (Å²) < 4.78 is 34.6. The molecule has 0 aliphatic rings. The standard InChI is InChI=1S/C32H41N3O5S/c1-7-19-33-32(37)29(8-2)34(21-26-13-15-27(40-6)16-14-26)31(36)22-35(30-20-24(4)9-12-25(30)5)41(38,39)28-17-10-23(3)11-18-28/h9-18,20,29H,7-8,19,21-22H2,1-6H3,(H,33,37). The number of rotatable bonds is 13. The first-order valence-corrected chi connectivity index (χ1v) is 15.3. The number of carbonyl (C=O) groups excluding carboxylic acids is 2. The first kappa shape index (κ1) is 31.7. The molecule has 9 heteroatoms. The van der Waals surface area contributed by atoms with Gasteiger partial charge in [-0.1, -0.05) is 55.8 Å².